The Kier molecular flexibility index (Phi) is 5.94. The van der Waals surface area contributed by atoms with Crippen molar-refractivity contribution in [2.24, 2.45) is 5.92 Å². The highest BCUT2D eigenvalue weighted by atomic mass is 16.5. The normalized spacial score (nSPS) is 15.0. The first-order valence-electron chi connectivity index (χ1n) is 9.65. The molecule has 0 N–H and O–H groups in total. The quantitative estimate of drug-likeness (QED) is 0.810. The fourth-order valence-electron chi connectivity index (χ4n) is 3.52. The summed E-state index contributed by atoms with van der Waals surface area (Å²) in [5.74, 6) is 0.300. The number of nitrogens with zero attached hydrogens (tertiary/aromatic N) is 3. The average Bonchev–Trinajstić information content (AvgIpc) is 3.19. The Morgan fingerprint density at radius 2 is 1.78 bits per heavy atom. The molecule has 6 nitrogen and oxygen atoms in total. The number of carbonyl (C=O) groups is 2. The molecule has 144 valence electrons. The molecule has 1 aromatic heterocycles. The zero-order valence-corrected chi connectivity index (χ0v) is 16.3. The minimum Gasteiger partial charge on any atom is -0.350 e. The van der Waals surface area contributed by atoms with Gasteiger partial charge in [-0.2, -0.15) is 0 Å². The van der Waals surface area contributed by atoms with Crippen molar-refractivity contribution in [3.05, 3.63) is 41.7 Å². The summed E-state index contributed by atoms with van der Waals surface area (Å²) in [6, 6.07) is 9.63. The second-order valence-corrected chi connectivity index (χ2v) is 7.02. The van der Waals surface area contributed by atoms with E-state index in [-0.39, 0.29) is 23.5 Å². The van der Waals surface area contributed by atoms with Gasteiger partial charge in [-0.1, -0.05) is 35.0 Å². The van der Waals surface area contributed by atoms with Crippen molar-refractivity contribution in [3.8, 4) is 11.3 Å². The van der Waals surface area contributed by atoms with Crippen molar-refractivity contribution in [2.75, 3.05) is 26.2 Å². The van der Waals surface area contributed by atoms with E-state index in [1.54, 1.807) is 11.0 Å². The molecule has 1 aliphatic heterocycles. The van der Waals surface area contributed by atoms with Crippen molar-refractivity contribution in [2.45, 2.75) is 33.6 Å². The maximum Gasteiger partial charge on any atom is 0.292 e. The van der Waals surface area contributed by atoms with Crippen LogP contribution in [0.2, 0.25) is 0 Å². The third-order valence-electron chi connectivity index (χ3n) is 5.27. The van der Waals surface area contributed by atoms with Crippen molar-refractivity contribution in [1.82, 2.24) is 15.0 Å². The largest absolute Gasteiger partial charge is 0.350 e. The molecule has 1 saturated heterocycles. The number of likely N-dealkylation sites (tertiary alicyclic amines) is 1. The van der Waals surface area contributed by atoms with Gasteiger partial charge in [0.25, 0.3) is 5.91 Å². The molecule has 0 aliphatic carbocycles. The molecule has 1 fully saturated rings. The van der Waals surface area contributed by atoms with E-state index in [1.807, 2.05) is 49.9 Å². The molecule has 0 atom stereocenters. The van der Waals surface area contributed by atoms with Crippen molar-refractivity contribution < 1.29 is 14.1 Å². The average molecular weight is 369 g/mol. The van der Waals surface area contributed by atoms with Crippen LogP contribution < -0.4 is 0 Å². The molecule has 27 heavy (non-hydrogen) atoms. The second-order valence-electron chi connectivity index (χ2n) is 7.02. The van der Waals surface area contributed by atoms with Gasteiger partial charge >= 0.3 is 0 Å². The lowest BCUT2D eigenvalue weighted by atomic mass is 9.95. The molecule has 2 heterocycles. The molecule has 3 rings (SSSR count). The first-order valence-corrected chi connectivity index (χ1v) is 9.65. The number of hydrogen-bond donors (Lipinski definition) is 0. The predicted octanol–water partition coefficient (Wildman–Crippen LogP) is 3.37. The Morgan fingerprint density at radius 1 is 1.15 bits per heavy atom. The molecule has 2 aromatic rings. The van der Waals surface area contributed by atoms with E-state index < -0.39 is 0 Å². The third-order valence-corrected chi connectivity index (χ3v) is 5.27. The maximum atomic E-state index is 12.7. The highest BCUT2D eigenvalue weighted by Crippen LogP contribution is 2.24. The number of aryl methyl sites for hydroxylation is 1. The Balaban J connectivity index is 1.61. The molecule has 1 aliphatic rings. The number of rotatable bonds is 5. The SMILES string of the molecule is CCN(CC)C(=O)C1CCN(C(=O)c2cc(-c3ccc(C)cc3)no2)CC1. The van der Waals surface area contributed by atoms with Crippen LogP contribution in [-0.2, 0) is 4.79 Å². The lowest BCUT2D eigenvalue weighted by Gasteiger charge is -2.33. The van der Waals surface area contributed by atoms with Crippen molar-refractivity contribution in [1.29, 1.82) is 0 Å². The van der Waals surface area contributed by atoms with E-state index in [0.29, 0.717) is 31.6 Å². The molecule has 0 spiro atoms. The monoisotopic (exact) mass is 369 g/mol. The number of aromatic nitrogens is 1. The van der Waals surface area contributed by atoms with Gasteiger partial charge in [0.2, 0.25) is 11.7 Å². The Labute approximate surface area is 160 Å². The summed E-state index contributed by atoms with van der Waals surface area (Å²) >= 11 is 0. The van der Waals surface area contributed by atoms with Gasteiger partial charge < -0.3 is 14.3 Å². The predicted molar refractivity (Wildman–Crippen MR) is 103 cm³/mol. The van der Waals surface area contributed by atoms with Crippen molar-refractivity contribution >= 4 is 11.8 Å². The maximum absolute atomic E-state index is 12.7. The van der Waals surface area contributed by atoms with Crippen LogP contribution in [0.3, 0.4) is 0 Å². The molecule has 0 unspecified atom stereocenters. The Hall–Kier alpha value is -2.63. The topological polar surface area (TPSA) is 66.7 Å². The van der Waals surface area contributed by atoms with Gasteiger partial charge in [-0.05, 0) is 33.6 Å². The minimum atomic E-state index is -0.158. The van der Waals surface area contributed by atoms with E-state index in [9.17, 15) is 9.59 Å². The van der Waals surface area contributed by atoms with E-state index in [2.05, 4.69) is 5.16 Å². The Morgan fingerprint density at radius 3 is 2.37 bits per heavy atom. The molecule has 0 bridgehead atoms. The van der Waals surface area contributed by atoms with E-state index in [1.165, 1.54) is 5.56 Å². The fraction of sp³-hybridized carbons (Fsp3) is 0.476. The lowest BCUT2D eigenvalue weighted by molar-refractivity contribution is -0.136. The van der Waals surface area contributed by atoms with Crippen LogP contribution >= 0.6 is 0 Å². The summed E-state index contributed by atoms with van der Waals surface area (Å²) in [6.45, 7) is 8.61. The second kappa shape index (κ2) is 8.37. The smallest absolute Gasteiger partial charge is 0.292 e. The summed E-state index contributed by atoms with van der Waals surface area (Å²) in [4.78, 5) is 28.8. The van der Waals surface area contributed by atoms with Crippen molar-refractivity contribution in [3.63, 3.8) is 0 Å². The summed E-state index contributed by atoms with van der Waals surface area (Å²) in [7, 11) is 0. The third kappa shape index (κ3) is 4.21. The van der Waals surface area contributed by atoms with E-state index in [0.717, 1.165) is 18.7 Å². The Bertz CT molecular complexity index is 785. The van der Waals surface area contributed by atoms with Crippen LogP contribution in [0, 0.1) is 12.8 Å². The number of benzene rings is 1. The van der Waals surface area contributed by atoms with Gasteiger partial charge in [0.1, 0.15) is 5.69 Å². The summed E-state index contributed by atoms with van der Waals surface area (Å²) in [5, 5.41) is 4.04. The summed E-state index contributed by atoms with van der Waals surface area (Å²) in [6.07, 6.45) is 1.39. The van der Waals surface area contributed by atoms with Gasteiger partial charge in [0.05, 0.1) is 0 Å². The molecule has 0 saturated carbocycles. The summed E-state index contributed by atoms with van der Waals surface area (Å²) in [5.41, 5.74) is 2.75. The van der Waals surface area contributed by atoms with Crippen LogP contribution in [0.4, 0.5) is 0 Å². The molecular weight excluding hydrogens is 342 g/mol. The molecule has 1 aromatic carbocycles. The highest BCUT2D eigenvalue weighted by molar-refractivity contribution is 5.92. The van der Waals surface area contributed by atoms with Gasteiger partial charge in [-0.3, -0.25) is 9.59 Å². The van der Waals surface area contributed by atoms with Crippen LogP contribution in [0.5, 0.6) is 0 Å². The fourth-order valence-corrected chi connectivity index (χ4v) is 3.52. The molecular formula is C21H27N3O3. The van der Waals surface area contributed by atoms with E-state index in [4.69, 9.17) is 4.52 Å². The molecule has 0 radical (unpaired) electrons. The van der Waals surface area contributed by atoms with Gasteiger partial charge in [0, 0.05) is 43.7 Å². The first kappa shape index (κ1) is 19.1. The molecule has 2 amide bonds. The van der Waals surface area contributed by atoms with Gasteiger partial charge in [-0.25, -0.2) is 0 Å². The van der Waals surface area contributed by atoms with Crippen LogP contribution in [0.25, 0.3) is 11.3 Å². The summed E-state index contributed by atoms with van der Waals surface area (Å²) < 4.78 is 5.30. The number of amides is 2. The van der Waals surface area contributed by atoms with Gasteiger partial charge in [0.15, 0.2) is 0 Å². The number of piperidine rings is 1. The standard InChI is InChI=1S/C21H27N3O3/c1-4-23(5-2)20(25)17-10-12-24(13-11-17)21(26)19-14-18(22-27-19)16-8-6-15(3)7-9-16/h6-9,14,17H,4-5,10-13H2,1-3H3. The molecule has 6 heteroatoms. The first-order chi connectivity index (χ1) is 13.0. The zero-order chi connectivity index (χ0) is 19.4. The highest BCUT2D eigenvalue weighted by Gasteiger charge is 2.31. The zero-order valence-electron chi connectivity index (χ0n) is 16.3. The van der Waals surface area contributed by atoms with E-state index >= 15 is 0 Å². The minimum absolute atomic E-state index is 0.00629. The van der Waals surface area contributed by atoms with Gasteiger partial charge in [-0.15, -0.1) is 0 Å². The van der Waals surface area contributed by atoms with Crippen LogP contribution in [0.1, 0.15) is 42.8 Å². The number of carbonyl (C=O) groups excluding carboxylic acids is 2. The lowest BCUT2D eigenvalue weighted by Crippen LogP contribution is -2.44. The van der Waals surface area contributed by atoms with Crippen LogP contribution in [0.15, 0.2) is 34.9 Å². The number of hydrogen-bond acceptors (Lipinski definition) is 4. The van der Waals surface area contributed by atoms with Crippen LogP contribution in [-0.4, -0.2) is 52.9 Å².